The van der Waals surface area contributed by atoms with Gasteiger partial charge in [0.2, 0.25) is 0 Å². The maximum absolute atomic E-state index is 12.5. The number of carbonyl (C=O) groups excluding carboxylic acids is 1. The number of furan rings is 1. The molecule has 1 aromatic heterocycles. The van der Waals surface area contributed by atoms with Gasteiger partial charge < -0.3 is 23.9 Å². The van der Waals surface area contributed by atoms with Crippen LogP contribution in [0.4, 0.5) is 14.5 Å². The van der Waals surface area contributed by atoms with Crippen molar-refractivity contribution in [2.24, 2.45) is 0 Å². The van der Waals surface area contributed by atoms with Crippen LogP contribution >= 0.6 is 0 Å². The second-order valence-electron chi connectivity index (χ2n) is 6.73. The second kappa shape index (κ2) is 9.38. The fourth-order valence-electron chi connectivity index (χ4n) is 3.18. The minimum absolute atomic E-state index is 0.0618. The van der Waals surface area contributed by atoms with Gasteiger partial charge in [0.25, 0.3) is 5.91 Å². The lowest BCUT2D eigenvalue weighted by molar-refractivity contribution is -0.0512. The summed E-state index contributed by atoms with van der Waals surface area (Å²) in [6.45, 7) is -2.84. The topological polar surface area (TPSA) is 69.9 Å². The molecule has 164 valence electrons. The van der Waals surface area contributed by atoms with Gasteiger partial charge in [-0.15, -0.1) is 0 Å². The molecule has 0 aliphatic rings. The Morgan fingerprint density at radius 3 is 2.59 bits per heavy atom. The largest absolute Gasteiger partial charge is 0.493 e. The van der Waals surface area contributed by atoms with E-state index in [-0.39, 0.29) is 23.9 Å². The van der Waals surface area contributed by atoms with Gasteiger partial charge in [-0.25, -0.2) is 0 Å². The molecule has 0 spiro atoms. The number of halogens is 2. The number of carbonyl (C=O) groups is 1. The summed E-state index contributed by atoms with van der Waals surface area (Å²) in [4.78, 5) is 12.5. The third kappa shape index (κ3) is 4.80. The van der Waals surface area contributed by atoms with Gasteiger partial charge in [0, 0.05) is 17.1 Å². The van der Waals surface area contributed by atoms with Crippen LogP contribution in [0.15, 0.2) is 77.2 Å². The molecule has 4 rings (SSSR count). The molecule has 0 saturated carbocycles. The molecule has 0 saturated heterocycles. The van der Waals surface area contributed by atoms with Crippen molar-refractivity contribution in [2.45, 2.75) is 13.2 Å². The molecule has 0 aliphatic heterocycles. The van der Waals surface area contributed by atoms with E-state index in [9.17, 15) is 13.6 Å². The van der Waals surface area contributed by atoms with Crippen LogP contribution in [0.1, 0.15) is 16.3 Å². The van der Waals surface area contributed by atoms with E-state index in [4.69, 9.17) is 13.9 Å². The van der Waals surface area contributed by atoms with Gasteiger partial charge in [-0.05, 0) is 35.7 Å². The van der Waals surface area contributed by atoms with Crippen LogP contribution in [0, 0.1) is 0 Å². The number of benzene rings is 3. The molecule has 1 amide bonds. The van der Waals surface area contributed by atoms with Crippen molar-refractivity contribution in [1.82, 2.24) is 0 Å². The predicted molar refractivity (Wildman–Crippen MR) is 115 cm³/mol. The lowest BCUT2D eigenvalue weighted by Crippen LogP contribution is -2.11. The summed E-state index contributed by atoms with van der Waals surface area (Å²) in [5.41, 5.74) is 0.332. The highest BCUT2D eigenvalue weighted by Crippen LogP contribution is 2.31. The molecular formula is C24H19F2NO5. The summed E-state index contributed by atoms with van der Waals surface area (Å²) in [7, 11) is 1.31. The zero-order valence-corrected chi connectivity index (χ0v) is 17.0. The van der Waals surface area contributed by atoms with Crippen molar-refractivity contribution < 1.29 is 32.2 Å². The number of amides is 1. The first-order valence-electron chi connectivity index (χ1n) is 9.67. The Kier molecular flexibility index (Phi) is 6.21. The molecule has 8 heteroatoms. The van der Waals surface area contributed by atoms with Crippen LogP contribution in [0.25, 0.3) is 10.8 Å². The summed E-state index contributed by atoms with van der Waals surface area (Å²) in [6, 6.07) is 20.9. The van der Waals surface area contributed by atoms with Crippen LogP contribution in [0.3, 0.4) is 0 Å². The second-order valence-corrected chi connectivity index (χ2v) is 6.73. The van der Waals surface area contributed by atoms with Crippen LogP contribution in [0.5, 0.6) is 17.2 Å². The van der Waals surface area contributed by atoms with Crippen LogP contribution in [-0.2, 0) is 6.61 Å². The molecule has 3 aromatic carbocycles. The Bertz CT molecular complexity index is 1230. The Hall–Kier alpha value is -4.07. The Morgan fingerprint density at radius 1 is 0.969 bits per heavy atom. The van der Waals surface area contributed by atoms with Crippen molar-refractivity contribution in [1.29, 1.82) is 0 Å². The van der Waals surface area contributed by atoms with Gasteiger partial charge in [-0.3, -0.25) is 4.79 Å². The Labute approximate surface area is 182 Å². The van der Waals surface area contributed by atoms with Crippen LogP contribution < -0.4 is 19.5 Å². The molecule has 32 heavy (non-hydrogen) atoms. The maximum atomic E-state index is 12.5. The van der Waals surface area contributed by atoms with Gasteiger partial charge in [0.05, 0.1) is 7.11 Å². The van der Waals surface area contributed by atoms with Crippen LogP contribution in [0.2, 0.25) is 0 Å². The lowest BCUT2D eigenvalue weighted by Gasteiger charge is -2.11. The quantitative estimate of drug-likeness (QED) is 0.372. The van der Waals surface area contributed by atoms with E-state index >= 15 is 0 Å². The van der Waals surface area contributed by atoms with E-state index in [2.05, 4.69) is 10.1 Å². The van der Waals surface area contributed by atoms with Gasteiger partial charge in [0.15, 0.2) is 17.3 Å². The minimum Gasteiger partial charge on any atom is -0.493 e. The number of rotatable bonds is 8. The zero-order chi connectivity index (χ0) is 22.5. The molecule has 0 radical (unpaired) electrons. The third-order valence-corrected chi connectivity index (χ3v) is 4.64. The van der Waals surface area contributed by atoms with Crippen molar-refractivity contribution in [3.8, 4) is 17.2 Å². The Balaban J connectivity index is 1.41. The first-order chi connectivity index (χ1) is 15.5. The van der Waals surface area contributed by atoms with E-state index in [1.54, 1.807) is 6.07 Å². The smallest absolute Gasteiger partial charge is 0.387 e. The summed E-state index contributed by atoms with van der Waals surface area (Å²) >= 11 is 0. The summed E-state index contributed by atoms with van der Waals surface area (Å²) in [5.74, 6) is 0.683. The van der Waals surface area contributed by atoms with Crippen molar-refractivity contribution in [3.63, 3.8) is 0 Å². The molecule has 1 N–H and O–H groups in total. The number of anilines is 1. The standard InChI is InChI=1S/C24H19F2NO5/c1-29-22-13-16(9-11-20(22)32-24(25)26)27-23(28)21-12-10-17(31-21)14-30-19-8-4-6-15-5-2-3-7-18(15)19/h2-13,24H,14H2,1H3,(H,27,28). The SMILES string of the molecule is COc1cc(NC(=O)c2ccc(COc3cccc4ccccc34)o2)ccc1OC(F)F. The number of nitrogens with one attached hydrogen (secondary N) is 1. The summed E-state index contributed by atoms with van der Waals surface area (Å²) < 4.78 is 45.8. The highest BCUT2D eigenvalue weighted by molar-refractivity contribution is 6.02. The van der Waals surface area contributed by atoms with Gasteiger partial charge in [-0.2, -0.15) is 8.78 Å². The monoisotopic (exact) mass is 439 g/mol. The van der Waals surface area contributed by atoms with Crippen molar-refractivity contribution in [3.05, 3.63) is 84.3 Å². The fourth-order valence-corrected chi connectivity index (χ4v) is 3.18. The fraction of sp³-hybridized carbons (Fsp3) is 0.125. The third-order valence-electron chi connectivity index (χ3n) is 4.64. The average Bonchev–Trinajstić information content (AvgIpc) is 3.27. The highest BCUT2D eigenvalue weighted by Gasteiger charge is 2.15. The van der Waals surface area contributed by atoms with E-state index < -0.39 is 12.5 Å². The van der Waals surface area contributed by atoms with E-state index in [0.717, 1.165) is 10.8 Å². The molecule has 4 aromatic rings. The highest BCUT2D eigenvalue weighted by atomic mass is 19.3. The first kappa shape index (κ1) is 21.2. The first-order valence-corrected chi connectivity index (χ1v) is 9.67. The number of methoxy groups -OCH3 is 1. The minimum atomic E-state index is -2.98. The zero-order valence-electron chi connectivity index (χ0n) is 17.0. The summed E-state index contributed by atoms with van der Waals surface area (Å²) in [5, 5.41) is 4.67. The normalized spacial score (nSPS) is 10.9. The maximum Gasteiger partial charge on any atom is 0.387 e. The Morgan fingerprint density at radius 2 is 1.78 bits per heavy atom. The predicted octanol–water partition coefficient (Wildman–Crippen LogP) is 5.87. The molecule has 0 atom stereocenters. The molecule has 1 heterocycles. The van der Waals surface area contributed by atoms with Gasteiger partial charge >= 0.3 is 6.61 Å². The van der Waals surface area contributed by atoms with E-state index in [1.165, 1.54) is 31.4 Å². The van der Waals surface area contributed by atoms with Crippen LogP contribution in [-0.4, -0.2) is 19.6 Å². The number of alkyl halides is 2. The van der Waals surface area contributed by atoms with E-state index in [1.807, 2.05) is 42.5 Å². The molecule has 0 unspecified atom stereocenters. The summed E-state index contributed by atoms with van der Waals surface area (Å²) in [6.07, 6.45) is 0. The van der Waals surface area contributed by atoms with Gasteiger partial charge in [0.1, 0.15) is 18.1 Å². The average molecular weight is 439 g/mol. The molecule has 0 fully saturated rings. The van der Waals surface area contributed by atoms with E-state index in [0.29, 0.717) is 17.2 Å². The lowest BCUT2D eigenvalue weighted by atomic mass is 10.1. The van der Waals surface area contributed by atoms with Crippen molar-refractivity contribution in [2.75, 3.05) is 12.4 Å². The number of hydrogen-bond acceptors (Lipinski definition) is 5. The molecule has 0 aliphatic carbocycles. The number of hydrogen-bond donors (Lipinski definition) is 1. The molecule has 0 bridgehead atoms. The number of fused-ring (bicyclic) bond motifs is 1. The molecular weight excluding hydrogens is 420 g/mol. The van der Waals surface area contributed by atoms with Gasteiger partial charge in [-0.1, -0.05) is 36.4 Å². The molecule has 6 nitrogen and oxygen atoms in total. The van der Waals surface area contributed by atoms with Crippen molar-refractivity contribution >= 4 is 22.4 Å². The number of ether oxygens (including phenoxy) is 3.